The molecule has 0 radical (unpaired) electrons. The van der Waals surface area contributed by atoms with Gasteiger partial charge >= 0.3 is 0 Å². The SMILES string of the molecule is CNc1ccc(C(=O)NC2CCN3CCCCC23)nn1. The van der Waals surface area contributed by atoms with Gasteiger partial charge in [0.2, 0.25) is 0 Å². The van der Waals surface area contributed by atoms with Crippen LogP contribution in [0.2, 0.25) is 0 Å². The van der Waals surface area contributed by atoms with E-state index in [2.05, 4.69) is 25.7 Å². The van der Waals surface area contributed by atoms with Gasteiger partial charge in [0, 0.05) is 25.7 Å². The summed E-state index contributed by atoms with van der Waals surface area (Å²) in [5.41, 5.74) is 0.387. The second-order valence-corrected chi connectivity index (χ2v) is 5.52. The standard InChI is InChI=1S/C14H21N5O/c1-15-13-6-5-11(17-18-13)14(20)16-10-7-9-19-8-3-2-4-12(10)19/h5-6,10,12H,2-4,7-9H2,1H3,(H,15,18)(H,16,20). The molecular formula is C14H21N5O. The average Bonchev–Trinajstić information content (AvgIpc) is 2.91. The summed E-state index contributed by atoms with van der Waals surface area (Å²) in [6.07, 6.45) is 4.78. The molecule has 0 saturated carbocycles. The van der Waals surface area contributed by atoms with Gasteiger partial charge in [-0.15, -0.1) is 10.2 Å². The van der Waals surface area contributed by atoms with Gasteiger partial charge in [0.15, 0.2) is 5.69 Å². The van der Waals surface area contributed by atoms with Crippen molar-refractivity contribution in [1.29, 1.82) is 0 Å². The van der Waals surface area contributed by atoms with E-state index < -0.39 is 0 Å². The Kier molecular flexibility index (Phi) is 3.82. The predicted molar refractivity (Wildman–Crippen MR) is 76.7 cm³/mol. The van der Waals surface area contributed by atoms with Gasteiger partial charge in [-0.3, -0.25) is 9.69 Å². The molecule has 108 valence electrons. The van der Waals surface area contributed by atoms with Crippen LogP contribution in [0.1, 0.15) is 36.2 Å². The first-order valence-electron chi connectivity index (χ1n) is 7.34. The molecule has 1 aromatic rings. The highest BCUT2D eigenvalue weighted by molar-refractivity contribution is 5.92. The number of piperidine rings is 1. The lowest BCUT2D eigenvalue weighted by Gasteiger charge is -2.32. The highest BCUT2D eigenvalue weighted by atomic mass is 16.2. The Morgan fingerprint density at radius 3 is 2.90 bits per heavy atom. The Hall–Kier alpha value is -1.69. The minimum absolute atomic E-state index is 0.113. The summed E-state index contributed by atoms with van der Waals surface area (Å²) < 4.78 is 0. The summed E-state index contributed by atoms with van der Waals surface area (Å²) in [5.74, 6) is 0.554. The molecule has 1 amide bonds. The van der Waals surface area contributed by atoms with E-state index in [1.165, 1.54) is 25.8 Å². The third-order valence-electron chi connectivity index (χ3n) is 4.33. The molecule has 2 N–H and O–H groups in total. The van der Waals surface area contributed by atoms with E-state index in [-0.39, 0.29) is 11.9 Å². The van der Waals surface area contributed by atoms with Gasteiger partial charge in [0.05, 0.1) is 0 Å². The fourth-order valence-corrected chi connectivity index (χ4v) is 3.24. The third-order valence-corrected chi connectivity index (χ3v) is 4.33. The first kappa shape index (κ1) is 13.3. The predicted octanol–water partition coefficient (Wildman–Crippen LogP) is 0.875. The van der Waals surface area contributed by atoms with Crippen molar-refractivity contribution in [2.24, 2.45) is 0 Å². The fourth-order valence-electron chi connectivity index (χ4n) is 3.24. The molecule has 2 aliphatic heterocycles. The number of carbonyl (C=O) groups is 1. The van der Waals surface area contributed by atoms with Crippen molar-refractivity contribution < 1.29 is 4.79 Å². The molecular weight excluding hydrogens is 254 g/mol. The van der Waals surface area contributed by atoms with Crippen molar-refractivity contribution in [2.45, 2.75) is 37.8 Å². The van der Waals surface area contributed by atoms with E-state index in [1.54, 1.807) is 19.2 Å². The van der Waals surface area contributed by atoms with Crippen molar-refractivity contribution in [1.82, 2.24) is 20.4 Å². The van der Waals surface area contributed by atoms with Gasteiger partial charge in [0.25, 0.3) is 5.91 Å². The van der Waals surface area contributed by atoms with E-state index in [4.69, 9.17) is 0 Å². The lowest BCUT2D eigenvalue weighted by Crippen LogP contribution is -2.46. The maximum atomic E-state index is 12.2. The largest absolute Gasteiger partial charge is 0.372 e. The number of nitrogens with one attached hydrogen (secondary N) is 2. The van der Waals surface area contributed by atoms with Crippen LogP contribution in [0.3, 0.4) is 0 Å². The zero-order chi connectivity index (χ0) is 13.9. The van der Waals surface area contributed by atoms with E-state index in [0.717, 1.165) is 13.0 Å². The molecule has 0 bridgehead atoms. The van der Waals surface area contributed by atoms with Crippen LogP contribution in [0.15, 0.2) is 12.1 Å². The van der Waals surface area contributed by atoms with E-state index in [1.807, 2.05) is 0 Å². The number of carbonyl (C=O) groups excluding carboxylic acids is 1. The summed E-state index contributed by atoms with van der Waals surface area (Å²) in [5, 5.41) is 13.9. The first-order valence-corrected chi connectivity index (χ1v) is 7.34. The maximum absolute atomic E-state index is 12.2. The highest BCUT2D eigenvalue weighted by Crippen LogP contribution is 2.27. The second kappa shape index (κ2) is 5.75. The van der Waals surface area contributed by atoms with Crippen molar-refractivity contribution >= 4 is 11.7 Å². The highest BCUT2D eigenvalue weighted by Gasteiger charge is 2.36. The normalized spacial score (nSPS) is 26.1. The first-order chi connectivity index (χ1) is 9.78. The zero-order valence-electron chi connectivity index (χ0n) is 11.8. The van der Waals surface area contributed by atoms with E-state index >= 15 is 0 Å². The lowest BCUT2D eigenvalue weighted by molar-refractivity contribution is 0.0909. The summed E-state index contributed by atoms with van der Waals surface area (Å²) in [6, 6.07) is 4.25. The Morgan fingerprint density at radius 1 is 1.25 bits per heavy atom. The number of rotatable bonds is 3. The molecule has 0 aliphatic carbocycles. The summed E-state index contributed by atoms with van der Waals surface area (Å²) in [7, 11) is 1.78. The number of hydrogen-bond donors (Lipinski definition) is 2. The lowest BCUT2D eigenvalue weighted by atomic mass is 9.99. The van der Waals surface area contributed by atoms with Crippen molar-refractivity contribution in [2.75, 3.05) is 25.5 Å². The number of aromatic nitrogens is 2. The van der Waals surface area contributed by atoms with Gasteiger partial charge in [-0.1, -0.05) is 6.42 Å². The molecule has 1 aromatic heterocycles. The monoisotopic (exact) mass is 275 g/mol. The van der Waals surface area contributed by atoms with Crippen LogP contribution >= 0.6 is 0 Å². The van der Waals surface area contributed by atoms with Gasteiger partial charge in [-0.05, 0) is 37.9 Å². The van der Waals surface area contributed by atoms with Crippen molar-refractivity contribution in [3.63, 3.8) is 0 Å². The smallest absolute Gasteiger partial charge is 0.272 e. The van der Waals surface area contributed by atoms with Crippen LogP contribution in [0, 0.1) is 0 Å². The number of nitrogens with zero attached hydrogens (tertiary/aromatic N) is 3. The topological polar surface area (TPSA) is 70.2 Å². The molecule has 6 nitrogen and oxygen atoms in total. The molecule has 0 spiro atoms. The maximum Gasteiger partial charge on any atom is 0.272 e. The molecule has 6 heteroatoms. The van der Waals surface area contributed by atoms with Gasteiger partial charge in [-0.25, -0.2) is 0 Å². The minimum Gasteiger partial charge on any atom is -0.372 e. The summed E-state index contributed by atoms with van der Waals surface area (Å²) in [4.78, 5) is 14.7. The van der Waals surface area contributed by atoms with Gasteiger partial charge < -0.3 is 10.6 Å². The van der Waals surface area contributed by atoms with E-state index in [9.17, 15) is 4.79 Å². The van der Waals surface area contributed by atoms with Gasteiger partial charge in [0.1, 0.15) is 5.82 Å². The van der Waals surface area contributed by atoms with Crippen LogP contribution in [0.4, 0.5) is 5.82 Å². The number of hydrogen-bond acceptors (Lipinski definition) is 5. The molecule has 2 saturated heterocycles. The molecule has 3 heterocycles. The van der Waals surface area contributed by atoms with Crippen LogP contribution in [0.25, 0.3) is 0 Å². The summed E-state index contributed by atoms with van der Waals surface area (Å²) in [6.45, 7) is 2.27. The quantitative estimate of drug-likeness (QED) is 0.857. The number of anilines is 1. The molecule has 2 aliphatic rings. The number of fused-ring (bicyclic) bond motifs is 1. The molecule has 2 atom stereocenters. The Labute approximate surface area is 118 Å². The minimum atomic E-state index is -0.113. The molecule has 2 unspecified atom stereocenters. The zero-order valence-corrected chi connectivity index (χ0v) is 11.8. The van der Waals surface area contributed by atoms with Crippen LogP contribution in [-0.2, 0) is 0 Å². The van der Waals surface area contributed by atoms with Crippen molar-refractivity contribution in [3.05, 3.63) is 17.8 Å². The second-order valence-electron chi connectivity index (χ2n) is 5.52. The molecule has 20 heavy (non-hydrogen) atoms. The molecule has 2 fully saturated rings. The molecule has 3 rings (SSSR count). The Balaban J connectivity index is 1.63. The average molecular weight is 275 g/mol. The Bertz CT molecular complexity index is 475. The fraction of sp³-hybridized carbons (Fsp3) is 0.643. The van der Waals surface area contributed by atoms with Crippen LogP contribution in [0.5, 0.6) is 0 Å². The Morgan fingerprint density at radius 2 is 2.15 bits per heavy atom. The summed E-state index contributed by atoms with van der Waals surface area (Å²) >= 11 is 0. The van der Waals surface area contributed by atoms with Gasteiger partial charge in [-0.2, -0.15) is 0 Å². The van der Waals surface area contributed by atoms with Crippen LogP contribution in [-0.4, -0.2) is 53.2 Å². The van der Waals surface area contributed by atoms with Crippen molar-refractivity contribution in [3.8, 4) is 0 Å². The molecule has 0 aromatic carbocycles. The van der Waals surface area contributed by atoms with Crippen LogP contribution < -0.4 is 10.6 Å². The number of amides is 1. The van der Waals surface area contributed by atoms with E-state index in [0.29, 0.717) is 17.6 Å². The third kappa shape index (κ3) is 2.60.